The number of amides is 1. The van der Waals surface area contributed by atoms with Gasteiger partial charge in [0.25, 0.3) is 11.7 Å². The van der Waals surface area contributed by atoms with Crippen molar-refractivity contribution >= 4 is 33.4 Å². The third kappa shape index (κ3) is 3.45. The lowest BCUT2D eigenvalue weighted by atomic mass is 9.99. The maximum Gasteiger partial charge on any atom is 0.295 e. The Morgan fingerprint density at radius 1 is 1.23 bits per heavy atom. The van der Waals surface area contributed by atoms with Gasteiger partial charge in [0.15, 0.2) is 0 Å². The van der Waals surface area contributed by atoms with Gasteiger partial charge in [-0.3, -0.25) is 9.59 Å². The summed E-state index contributed by atoms with van der Waals surface area (Å²) in [7, 11) is 3.78. The third-order valence-corrected chi connectivity index (χ3v) is 4.79. The van der Waals surface area contributed by atoms with Crippen LogP contribution in [0.4, 0.5) is 0 Å². The van der Waals surface area contributed by atoms with Crippen molar-refractivity contribution in [2.75, 3.05) is 27.2 Å². The standard InChI is InChI=1S/C19H19BrN2O4/c1-21(2)9-10-22-16(14-4-3-11-26-14)15(18(24)19(22)25)17(23)12-5-7-13(20)8-6-12/h3-8,11,16,23H,9-10H2,1-2H3/b17-15-. The van der Waals surface area contributed by atoms with Gasteiger partial charge in [-0.05, 0) is 38.4 Å². The minimum Gasteiger partial charge on any atom is -0.507 e. The lowest BCUT2D eigenvalue weighted by Gasteiger charge is -2.24. The second-order valence-electron chi connectivity index (χ2n) is 6.32. The van der Waals surface area contributed by atoms with E-state index in [1.165, 1.54) is 11.2 Å². The van der Waals surface area contributed by atoms with Gasteiger partial charge in [0.1, 0.15) is 17.6 Å². The number of carbonyl (C=O) groups is 2. The first-order valence-corrected chi connectivity index (χ1v) is 8.92. The van der Waals surface area contributed by atoms with E-state index in [2.05, 4.69) is 15.9 Å². The maximum atomic E-state index is 12.7. The number of likely N-dealkylation sites (tertiary alicyclic amines) is 1. The molecule has 1 atom stereocenters. The van der Waals surface area contributed by atoms with Gasteiger partial charge in [-0.2, -0.15) is 0 Å². The van der Waals surface area contributed by atoms with Gasteiger partial charge >= 0.3 is 0 Å². The summed E-state index contributed by atoms with van der Waals surface area (Å²) in [5, 5.41) is 10.8. The largest absolute Gasteiger partial charge is 0.507 e. The van der Waals surface area contributed by atoms with Crippen molar-refractivity contribution in [3.8, 4) is 0 Å². The number of carbonyl (C=O) groups excluding carboxylic acids is 2. The molecule has 2 heterocycles. The first-order valence-electron chi connectivity index (χ1n) is 8.12. The van der Waals surface area contributed by atoms with Crippen LogP contribution in [0.1, 0.15) is 17.4 Å². The molecule has 3 rings (SSSR count). The molecule has 1 N–H and O–H groups in total. The van der Waals surface area contributed by atoms with Crippen LogP contribution in [0.3, 0.4) is 0 Å². The minimum atomic E-state index is -0.742. The van der Waals surface area contributed by atoms with Crippen LogP contribution in [0.25, 0.3) is 5.76 Å². The van der Waals surface area contributed by atoms with Crippen molar-refractivity contribution in [1.82, 2.24) is 9.80 Å². The smallest absolute Gasteiger partial charge is 0.295 e. The van der Waals surface area contributed by atoms with Crippen LogP contribution >= 0.6 is 15.9 Å². The number of aliphatic hydroxyl groups excluding tert-OH is 1. The summed E-state index contributed by atoms with van der Waals surface area (Å²) in [6.07, 6.45) is 1.49. The van der Waals surface area contributed by atoms with Crippen LogP contribution in [-0.4, -0.2) is 53.8 Å². The fraction of sp³-hybridized carbons (Fsp3) is 0.263. The van der Waals surface area contributed by atoms with Crippen LogP contribution in [0, 0.1) is 0 Å². The lowest BCUT2D eigenvalue weighted by molar-refractivity contribution is -0.140. The fourth-order valence-corrected chi connectivity index (χ4v) is 3.19. The monoisotopic (exact) mass is 418 g/mol. The molecule has 1 amide bonds. The van der Waals surface area contributed by atoms with Gasteiger partial charge in [0, 0.05) is 23.1 Å². The van der Waals surface area contributed by atoms with E-state index in [0.717, 1.165) is 4.47 Å². The SMILES string of the molecule is CN(C)CCN1C(=O)C(=O)/C(=C(\O)c2ccc(Br)cc2)C1c1ccco1. The van der Waals surface area contributed by atoms with E-state index >= 15 is 0 Å². The van der Waals surface area contributed by atoms with Crippen molar-refractivity contribution in [1.29, 1.82) is 0 Å². The average molecular weight is 419 g/mol. The topological polar surface area (TPSA) is 74.0 Å². The van der Waals surface area contributed by atoms with Crippen molar-refractivity contribution in [2.24, 2.45) is 0 Å². The molecule has 6 nitrogen and oxygen atoms in total. The Morgan fingerprint density at radius 3 is 2.50 bits per heavy atom. The Balaban J connectivity index is 2.09. The first kappa shape index (κ1) is 18.4. The van der Waals surface area contributed by atoms with Gasteiger partial charge < -0.3 is 19.3 Å². The Morgan fingerprint density at radius 2 is 1.92 bits per heavy atom. The zero-order valence-electron chi connectivity index (χ0n) is 14.5. The van der Waals surface area contributed by atoms with Gasteiger partial charge in [-0.25, -0.2) is 0 Å². The number of aliphatic hydroxyl groups is 1. The number of Topliss-reactive ketones (excluding diaryl/α,β-unsaturated/α-hetero) is 1. The van der Waals surface area contributed by atoms with Crippen molar-refractivity contribution in [3.05, 3.63) is 64.0 Å². The highest BCUT2D eigenvalue weighted by Gasteiger charge is 2.47. The lowest BCUT2D eigenvalue weighted by Crippen LogP contribution is -2.35. The van der Waals surface area contributed by atoms with E-state index < -0.39 is 17.7 Å². The number of furan rings is 1. The van der Waals surface area contributed by atoms with Crippen molar-refractivity contribution in [3.63, 3.8) is 0 Å². The van der Waals surface area contributed by atoms with Crippen LogP contribution < -0.4 is 0 Å². The van der Waals surface area contributed by atoms with Crippen molar-refractivity contribution < 1.29 is 19.1 Å². The Kier molecular flexibility index (Phi) is 5.29. The number of hydrogen-bond acceptors (Lipinski definition) is 5. The van der Waals surface area contributed by atoms with Gasteiger partial charge in [0.05, 0.1) is 11.8 Å². The molecule has 1 aromatic carbocycles. The van der Waals surface area contributed by atoms with E-state index in [1.807, 2.05) is 19.0 Å². The molecule has 0 saturated carbocycles. The van der Waals surface area contributed by atoms with E-state index in [9.17, 15) is 14.7 Å². The summed E-state index contributed by atoms with van der Waals surface area (Å²) in [6, 6.07) is 9.55. The summed E-state index contributed by atoms with van der Waals surface area (Å²) in [5.74, 6) is -1.09. The van der Waals surface area contributed by atoms with Crippen LogP contribution in [0.2, 0.25) is 0 Å². The molecule has 136 valence electrons. The molecule has 0 aliphatic carbocycles. The Hall–Kier alpha value is -2.38. The normalized spacial score (nSPS) is 19.5. The van der Waals surface area contributed by atoms with E-state index in [-0.39, 0.29) is 11.3 Å². The molecule has 2 aromatic rings. The number of benzene rings is 1. The molecule has 0 radical (unpaired) electrons. The minimum absolute atomic E-state index is 0.0472. The molecule has 26 heavy (non-hydrogen) atoms. The number of rotatable bonds is 5. The van der Waals surface area contributed by atoms with Gasteiger partial charge in [-0.1, -0.05) is 28.1 Å². The maximum absolute atomic E-state index is 12.7. The van der Waals surface area contributed by atoms with Gasteiger partial charge in [0.2, 0.25) is 0 Å². The first-order chi connectivity index (χ1) is 12.4. The summed E-state index contributed by atoms with van der Waals surface area (Å²) in [4.78, 5) is 28.6. The number of halogens is 1. The molecule has 1 fully saturated rings. The molecule has 1 aliphatic heterocycles. The number of nitrogens with zero attached hydrogens (tertiary/aromatic N) is 2. The average Bonchev–Trinajstić information content (AvgIpc) is 3.21. The second-order valence-corrected chi connectivity index (χ2v) is 7.23. The molecular formula is C19H19BrN2O4. The summed E-state index contributed by atoms with van der Waals surface area (Å²) in [5.41, 5.74) is 0.515. The molecule has 1 aromatic heterocycles. The molecule has 7 heteroatoms. The van der Waals surface area contributed by atoms with Crippen molar-refractivity contribution in [2.45, 2.75) is 6.04 Å². The second kappa shape index (κ2) is 7.47. The van der Waals surface area contributed by atoms with E-state index in [0.29, 0.717) is 24.4 Å². The number of hydrogen-bond donors (Lipinski definition) is 1. The summed E-state index contributed by atoms with van der Waals surface area (Å²) in [6.45, 7) is 0.933. The third-order valence-electron chi connectivity index (χ3n) is 4.26. The number of likely N-dealkylation sites (N-methyl/N-ethyl adjacent to an activating group) is 1. The summed E-state index contributed by atoms with van der Waals surface area (Å²) >= 11 is 3.34. The van der Waals surface area contributed by atoms with E-state index in [4.69, 9.17) is 4.42 Å². The van der Waals surface area contributed by atoms with Crippen LogP contribution in [0.5, 0.6) is 0 Å². The van der Waals surface area contributed by atoms with Gasteiger partial charge in [-0.15, -0.1) is 0 Å². The Bertz CT molecular complexity index is 841. The molecule has 1 aliphatic rings. The van der Waals surface area contributed by atoms with Crippen LogP contribution in [0.15, 0.2) is 57.1 Å². The zero-order chi connectivity index (χ0) is 18.8. The Labute approximate surface area is 159 Å². The molecule has 0 spiro atoms. The highest BCUT2D eigenvalue weighted by Crippen LogP contribution is 2.39. The predicted octanol–water partition coefficient (Wildman–Crippen LogP) is 3.03. The highest BCUT2D eigenvalue weighted by molar-refractivity contribution is 9.10. The fourth-order valence-electron chi connectivity index (χ4n) is 2.92. The van der Waals surface area contributed by atoms with Crippen LogP contribution in [-0.2, 0) is 9.59 Å². The summed E-state index contributed by atoms with van der Waals surface area (Å²) < 4.78 is 6.32. The molecule has 1 unspecified atom stereocenters. The quantitative estimate of drug-likeness (QED) is 0.458. The predicted molar refractivity (Wildman–Crippen MR) is 100 cm³/mol. The molecule has 1 saturated heterocycles. The molecular weight excluding hydrogens is 400 g/mol. The molecule has 0 bridgehead atoms. The highest BCUT2D eigenvalue weighted by atomic mass is 79.9. The van der Waals surface area contributed by atoms with E-state index in [1.54, 1.807) is 36.4 Å². The zero-order valence-corrected chi connectivity index (χ0v) is 16.1. The number of ketones is 1.